The molecule has 1 aromatic rings. The molecule has 0 amide bonds. The zero-order valence-corrected chi connectivity index (χ0v) is 10.8. The Bertz CT molecular complexity index is 368. The first kappa shape index (κ1) is 14.0. The van der Waals surface area contributed by atoms with Crippen molar-refractivity contribution in [3.05, 3.63) is 41.4 Å². The van der Waals surface area contributed by atoms with Gasteiger partial charge in [0.2, 0.25) is 0 Å². The molecule has 0 radical (unpaired) electrons. The van der Waals surface area contributed by atoms with Crippen LogP contribution in [0.15, 0.2) is 30.9 Å². The Labute approximate surface area is 107 Å². The van der Waals surface area contributed by atoms with Crippen LogP contribution in [0.4, 0.5) is 0 Å². The van der Waals surface area contributed by atoms with Gasteiger partial charge >= 0.3 is 0 Å². The fraction of sp³-hybridized carbons (Fsp3) is 0.385. The first-order valence-corrected chi connectivity index (χ1v) is 5.85. The van der Waals surface area contributed by atoms with Crippen molar-refractivity contribution in [2.75, 3.05) is 26.8 Å². The van der Waals surface area contributed by atoms with Gasteiger partial charge in [0.05, 0.1) is 13.7 Å². The predicted molar refractivity (Wildman–Crippen MR) is 70.6 cm³/mol. The van der Waals surface area contributed by atoms with Crippen LogP contribution in [0.5, 0.6) is 5.75 Å². The number of halogens is 1. The van der Waals surface area contributed by atoms with Crippen molar-refractivity contribution < 1.29 is 9.84 Å². The van der Waals surface area contributed by atoms with Crippen molar-refractivity contribution in [3.63, 3.8) is 0 Å². The molecule has 1 rings (SSSR count). The number of aliphatic hydroxyl groups is 1. The highest BCUT2D eigenvalue weighted by molar-refractivity contribution is 6.30. The first-order valence-electron chi connectivity index (χ1n) is 5.47. The molecular formula is C13H18ClNO2. The van der Waals surface area contributed by atoms with E-state index in [1.165, 1.54) is 0 Å². The van der Waals surface area contributed by atoms with E-state index in [1.807, 2.05) is 18.2 Å². The Morgan fingerprint density at radius 1 is 1.53 bits per heavy atom. The van der Waals surface area contributed by atoms with Gasteiger partial charge < -0.3 is 9.84 Å². The van der Waals surface area contributed by atoms with Crippen LogP contribution in [0.2, 0.25) is 5.02 Å². The molecule has 94 valence electrons. The van der Waals surface area contributed by atoms with Crippen LogP contribution >= 0.6 is 11.6 Å². The summed E-state index contributed by atoms with van der Waals surface area (Å²) < 4.78 is 5.28. The third kappa shape index (κ3) is 4.38. The van der Waals surface area contributed by atoms with Gasteiger partial charge in [-0.05, 0) is 18.2 Å². The van der Waals surface area contributed by atoms with Crippen molar-refractivity contribution in [2.45, 2.75) is 6.54 Å². The number of hydrogen-bond acceptors (Lipinski definition) is 3. The van der Waals surface area contributed by atoms with Gasteiger partial charge in [0.1, 0.15) is 5.75 Å². The Hall–Kier alpha value is -1.03. The summed E-state index contributed by atoms with van der Waals surface area (Å²) in [5.74, 6) is 0.807. The summed E-state index contributed by atoms with van der Waals surface area (Å²) >= 11 is 5.97. The van der Waals surface area contributed by atoms with E-state index in [4.69, 9.17) is 21.4 Å². The summed E-state index contributed by atoms with van der Waals surface area (Å²) in [5, 5.41) is 9.67. The zero-order valence-electron chi connectivity index (χ0n) is 10.0. The summed E-state index contributed by atoms with van der Waals surface area (Å²) in [6.45, 7) is 5.82. The lowest BCUT2D eigenvalue weighted by atomic mass is 10.2. The second-order valence-electron chi connectivity index (χ2n) is 3.70. The molecule has 4 heteroatoms. The Morgan fingerprint density at radius 2 is 2.29 bits per heavy atom. The lowest BCUT2D eigenvalue weighted by molar-refractivity contribution is 0.202. The molecule has 1 N–H and O–H groups in total. The number of rotatable bonds is 7. The van der Waals surface area contributed by atoms with E-state index in [0.29, 0.717) is 18.1 Å². The maximum absolute atomic E-state index is 8.99. The molecule has 0 aliphatic rings. The van der Waals surface area contributed by atoms with Crippen molar-refractivity contribution >= 4 is 11.6 Å². The molecule has 0 spiro atoms. The molecule has 0 bridgehead atoms. The van der Waals surface area contributed by atoms with Gasteiger partial charge in [-0.3, -0.25) is 4.90 Å². The molecule has 17 heavy (non-hydrogen) atoms. The highest BCUT2D eigenvalue weighted by atomic mass is 35.5. The third-order valence-corrected chi connectivity index (χ3v) is 2.68. The smallest absolute Gasteiger partial charge is 0.123 e. The molecule has 0 aromatic heterocycles. The average molecular weight is 256 g/mol. The molecule has 0 fully saturated rings. The Balaban J connectivity index is 2.82. The topological polar surface area (TPSA) is 32.7 Å². The number of methoxy groups -OCH3 is 1. The van der Waals surface area contributed by atoms with Crippen molar-refractivity contribution in [1.29, 1.82) is 0 Å². The molecule has 0 saturated heterocycles. The average Bonchev–Trinajstić information content (AvgIpc) is 2.30. The summed E-state index contributed by atoms with van der Waals surface area (Å²) in [7, 11) is 1.64. The monoisotopic (exact) mass is 255 g/mol. The maximum atomic E-state index is 8.99. The largest absolute Gasteiger partial charge is 0.496 e. The van der Waals surface area contributed by atoms with Gasteiger partial charge in [-0.25, -0.2) is 0 Å². The summed E-state index contributed by atoms with van der Waals surface area (Å²) in [6.07, 6.45) is 1.81. The van der Waals surface area contributed by atoms with Gasteiger partial charge in [-0.2, -0.15) is 0 Å². The van der Waals surface area contributed by atoms with E-state index in [1.54, 1.807) is 13.2 Å². The van der Waals surface area contributed by atoms with E-state index in [0.717, 1.165) is 17.9 Å². The molecule has 0 atom stereocenters. The van der Waals surface area contributed by atoms with E-state index in [2.05, 4.69) is 11.5 Å². The van der Waals surface area contributed by atoms with Gasteiger partial charge in [0, 0.05) is 30.2 Å². The number of benzene rings is 1. The fourth-order valence-electron chi connectivity index (χ4n) is 1.67. The van der Waals surface area contributed by atoms with Crippen LogP contribution in [0, 0.1) is 0 Å². The van der Waals surface area contributed by atoms with Crippen molar-refractivity contribution in [2.24, 2.45) is 0 Å². The SMILES string of the molecule is C=CCN(CCO)Cc1cc(Cl)ccc1OC. The molecule has 0 aliphatic heterocycles. The van der Waals surface area contributed by atoms with Crippen LogP contribution in [-0.2, 0) is 6.54 Å². The lowest BCUT2D eigenvalue weighted by Gasteiger charge is -2.20. The first-order chi connectivity index (χ1) is 8.21. The van der Waals surface area contributed by atoms with Crippen LogP contribution in [-0.4, -0.2) is 36.8 Å². The molecule has 0 saturated carbocycles. The number of aliphatic hydroxyl groups excluding tert-OH is 1. The second kappa shape index (κ2) is 7.33. The van der Waals surface area contributed by atoms with Gasteiger partial charge in [0.15, 0.2) is 0 Å². The quantitative estimate of drug-likeness (QED) is 0.759. The van der Waals surface area contributed by atoms with E-state index in [9.17, 15) is 0 Å². The lowest BCUT2D eigenvalue weighted by Crippen LogP contribution is -2.26. The highest BCUT2D eigenvalue weighted by Crippen LogP contribution is 2.23. The molecule has 0 unspecified atom stereocenters. The van der Waals surface area contributed by atoms with Crippen LogP contribution < -0.4 is 4.74 Å². The van der Waals surface area contributed by atoms with E-state index in [-0.39, 0.29) is 6.61 Å². The minimum Gasteiger partial charge on any atom is -0.496 e. The normalized spacial score (nSPS) is 10.6. The summed E-state index contributed by atoms with van der Waals surface area (Å²) in [5.41, 5.74) is 1.01. The zero-order chi connectivity index (χ0) is 12.7. The highest BCUT2D eigenvalue weighted by Gasteiger charge is 2.09. The second-order valence-corrected chi connectivity index (χ2v) is 4.14. The number of ether oxygens (including phenoxy) is 1. The minimum absolute atomic E-state index is 0.122. The van der Waals surface area contributed by atoms with Crippen LogP contribution in [0.3, 0.4) is 0 Å². The number of hydrogen-bond donors (Lipinski definition) is 1. The Kier molecular flexibility index (Phi) is 6.05. The van der Waals surface area contributed by atoms with Gasteiger partial charge in [0.25, 0.3) is 0 Å². The minimum atomic E-state index is 0.122. The molecular weight excluding hydrogens is 238 g/mol. The molecule has 0 heterocycles. The van der Waals surface area contributed by atoms with E-state index < -0.39 is 0 Å². The van der Waals surface area contributed by atoms with E-state index >= 15 is 0 Å². The third-order valence-electron chi connectivity index (χ3n) is 2.44. The number of nitrogens with zero attached hydrogens (tertiary/aromatic N) is 1. The van der Waals surface area contributed by atoms with Gasteiger partial charge in [-0.15, -0.1) is 6.58 Å². The standard InChI is InChI=1S/C13H18ClNO2/c1-3-6-15(7-8-16)10-11-9-12(14)4-5-13(11)17-2/h3-5,9,16H,1,6-8,10H2,2H3. The molecule has 0 aliphatic carbocycles. The van der Waals surface area contributed by atoms with Gasteiger partial charge in [-0.1, -0.05) is 17.7 Å². The van der Waals surface area contributed by atoms with Crippen LogP contribution in [0.25, 0.3) is 0 Å². The summed E-state index contributed by atoms with van der Waals surface area (Å²) in [4.78, 5) is 2.07. The fourth-order valence-corrected chi connectivity index (χ4v) is 1.87. The maximum Gasteiger partial charge on any atom is 0.123 e. The van der Waals surface area contributed by atoms with Crippen molar-refractivity contribution in [3.8, 4) is 5.75 Å². The summed E-state index contributed by atoms with van der Waals surface area (Å²) in [6, 6.07) is 5.53. The van der Waals surface area contributed by atoms with Crippen LogP contribution in [0.1, 0.15) is 5.56 Å². The molecule has 3 nitrogen and oxygen atoms in total. The Morgan fingerprint density at radius 3 is 2.88 bits per heavy atom. The predicted octanol–water partition coefficient (Wildman–Crippen LogP) is 2.33. The van der Waals surface area contributed by atoms with Crippen molar-refractivity contribution in [1.82, 2.24) is 4.90 Å². The molecule has 1 aromatic carbocycles.